The standard InChI is InChI=1S/C15H16N2O4S/c1-20-13-5-3-4-12(14(13)21-2)15-16-7-8-17(15)11-6-9-22(18,19)10-11/h3-9,11H,10H2,1-2H3/t11-/m1/s1. The fraction of sp³-hybridized carbons (Fsp3) is 0.267. The summed E-state index contributed by atoms with van der Waals surface area (Å²) in [7, 11) is -0.000187. The molecule has 0 bridgehead atoms. The van der Waals surface area contributed by atoms with Crippen LogP contribution in [0.2, 0.25) is 0 Å². The number of hydrogen-bond donors (Lipinski definition) is 0. The minimum Gasteiger partial charge on any atom is -0.493 e. The average molecular weight is 320 g/mol. The number of nitrogens with zero attached hydrogens (tertiary/aromatic N) is 2. The number of sulfone groups is 1. The van der Waals surface area contributed by atoms with Gasteiger partial charge in [-0.05, 0) is 18.2 Å². The molecule has 0 spiro atoms. The Morgan fingerprint density at radius 2 is 2.09 bits per heavy atom. The number of imidazole rings is 1. The van der Waals surface area contributed by atoms with Gasteiger partial charge in [0.05, 0.1) is 31.6 Å². The first-order valence-electron chi connectivity index (χ1n) is 6.71. The Balaban J connectivity index is 2.09. The molecule has 1 aliphatic rings. The van der Waals surface area contributed by atoms with Crippen LogP contribution in [0.3, 0.4) is 0 Å². The van der Waals surface area contributed by atoms with Crippen molar-refractivity contribution >= 4 is 9.84 Å². The molecule has 0 saturated carbocycles. The number of benzene rings is 1. The van der Waals surface area contributed by atoms with E-state index in [1.165, 1.54) is 5.41 Å². The Morgan fingerprint density at radius 3 is 2.73 bits per heavy atom. The van der Waals surface area contributed by atoms with E-state index in [1.807, 2.05) is 16.7 Å². The van der Waals surface area contributed by atoms with Crippen LogP contribution in [0, 0.1) is 0 Å². The van der Waals surface area contributed by atoms with Gasteiger partial charge in [-0.15, -0.1) is 0 Å². The fourth-order valence-electron chi connectivity index (χ4n) is 2.59. The molecule has 0 aliphatic carbocycles. The Morgan fingerprint density at radius 1 is 1.27 bits per heavy atom. The highest BCUT2D eigenvalue weighted by Gasteiger charge is 2.26. The summed E-state index contributed by atoms with van der Waals surface area (Å²) in [4.78, 5) is 4.36. The molecular weight excluding hydrogens is 304 g/mol. The minimum atomic E-state index is -3.13. The van der Waals surface area contributed by atoms with Crippen molar-refractivity contribution < 1.29 is 17.9 Å². The highest BCUT2D eigenvalue weighted by atomic mass is 32.2. The molecule has 1 aromatic carbocycles. The Bertz CT molecular complexity index is 824. The molecular formula is C15H16N2O4S. The van der Waals surface area contributed by atoms with Crippen LogP contribution in [0.4, 0.5) is 0 Å². The SMILES string of the molecule is COc1cccc(-c2nccn2[C@@H]2C=CS(=O)(=O)C2)c1OC. The lowest BCUT2D eigenvalue weighted by Crippen LogP contribution is -2.12. The van der Waals surface area contributed by atoms with Gasteiger partial charge in [-0.3, -0.25) is 0 Å². The summed E-state index contributed by atoms with van der Waals surface area (Å²) in [5.74, 6) is 1.86. The van der Waals surface area contributed by atoms with Gasteiger partial charge in [0.25, 0.3) is 0 Å². The minimum absolute atomic E-state index is 0.0443. The molecule has 1 aromatic heterocycles. The molecule has 0 amide bonds. The van der Waals surface area contributed by atoms with E-state index >= 15 is 0 Å². The van der Waals surface area contributed by atoms with Crippen molar-refractivity contribution in [2.75, 3.05) is 20.0 Å². The second-order valence-electron chi connectivity index (χ2n) is 4.92. The maximum Gasteiger partial charge on any atom is 0.173 e. The molecule has 1 aliphatic heterocycles. The highest BCUT2D eigenvalue weighted by molar-refractivity contribution is 7.94. The summed E-state index contributed by atoms with van der Waals surface area (Å²) < 4.78 is 35.9. The third-order valence-corrected chi connectivity index (χ3v) is 4.96. The van der Waals surface area contributed by atoms with E-state index in [0.29, 0.717) is 17.3 Å². The second kappa shape index (κ2) is 5.49. The maximum absolute atomic E-state index is 11.6. The number of ether oxygens (including phenoxy) is 2. The zero-order valence-electron chi connectivity index (χ0n) is 12.3. The molecule has 116 valence electrons. The van der Waals surface area contributed by atoms with E-state index < -0.39 is 9.84 Å². The first-order chi connectivity index (χ1) is 10.6. The van der Waals surface area contributed by atoms with Gasteiger partial charge in [0, 0.05) is 17.8 Å². The molecule has 0 saturated heterocycles. The monoisotopic (exact) mass is 320 g/mol. The molecule has 2 aromatic rings. The molecule has 2 heterocycles. The third-order valence-electron chi connectivity index (χ3n) is 3.58. The van der Waals surface area contributed by atoms with Crippen LogP contribution in [0.15, 0.2) is 42.1 Å². The van der Waals surface area contributed by atoms with E-state index in [2.05, 4.69) is 4.98 Å². The lowest BCUT2D eigenvalue weighted by molar-refractivity contribution is 0.356. The van der Waals surface area contributed by atoms with E-state index in [0.717, 1.165) is 5.56 Å². The molecule has 7 heteroatoms. The smallest absolute Gasteiger partial charge is 0.173 e. The second-order valence-corrected chi connectivity index (χ2v) is 6.86. The summed E-state index contributed by atoms with van der Waals surface area (Å²) in [5, 5.41) is 1.25. The van der Waals surface area contributed by atoms with Crippen molar-refractivity contribution in [1.82, 2.24) is 9.55 Å². The highest BCUT2D eigenvalue weighted by Crippen LogP contribution is 2.38. The lowest BCUT2D eigenvalue weighted by atomic mass is 10.1. The van der Waals surface area contributed by atoms with Crippen molar-refractivity contribution in [2.45, 2.75) is 6.04 Å². The average Bonchev–Trinajstić information content (AvgIpc) is 3.12. The van der Waals surface area contributed by atoms with Crippen LogP contribution < -0.4 is 9.47 Å². The van der Waals surface area contributed by atoms with Crippen LogP contribution >= 0.6 is 0 Å². The van der Waals surface area contributed by atoms with Gasteiger partial charge in [-0.25, -0.2) is 13.4 Å². The molecule has 3 rings (SSSR count). The fourth-order valence-corrected chi connectivity index (χ4v) is 3.86. The molecule has 0 unspecified atom stereocenters. The largest absolute Gasteiger partial charge is 0.493 e. The van der Waals surface area contributed by atoms with Gasteiger partial charge in [-0.1, -0.05) is 6.07 Å². The summed E-state index contributed by atoms with van der Waals surface area (Å²) in [6.45, 7) is 0. The van der Waals surface area contributed by atoms with Gasteiger partial charge in [0.1, 0.15) is 5.82 Å². The first kappa shape index (κ1) is 14.6. The molecule has 6 nitrogen and oxygen atoms in total. The zero-order chi connectivity index (χ0) is 15.7. The van der Waals surface area contributed by atoms with Crippen molar-refractivity contribution in [3.63, 3.8) is 0 Å². The quantitative estimate of drug-likeness (QED) is 0.862. The van der Waals surface area contributed by atoms with E-state index in [-0.39, 0.29) is 11.8 Å². The summed E-state index contributed by atoms with van der Waals surface area (Å²) in [6, 6.07) is 5.25. The predicted molar refractivity (Wildman–Crippen MR) is 82.7 cm³/mol. The van der Waals surface area contributed by atoms with E-state index in [4.69, 9.17) is 9.47 Å². The number of methoxy groups -OCH3 is 2. The van der Waals surface area contributed by atoms with Crippen molar-refractivity contribution in [2.24, 2.45) is 0 Å². The summed E-state index contributed by atoms with van der Waals surface area (Å²) >= 11 is 0. The number of allylic oxidation sites excluding steroid dienone is 1. The van der Waals surface area contributed by atoms with Crippen molar-refractivity contribution in [3.8, 4) is 22.9 Å². The van der Waals surface area contributed by atoms with Crippen LogP contribution in [0.25, 0.3) is 11.4 Å². The number of para-hydroxylation sites is 1. The lowest BCUT2D eigenvalue weighted by Gasteiger charge is -2.16. The molecule has 1 atom stereocenters. The first-order valence-corrected chi connectivity index (χ1v) is 8.42. The third kappa shape index (κ3) is 2.48. The Labute approximate surface area is 128 Å². The van der Waals surface area contributed by atoms with E-state index in [9.17, 15) is 8.42 Å². The summed E-state index contributed by atoms with van der Waals surface area (Å²) in [6.07, 6.45) is 5.09. The molecule has 22 heavy (non-hydrogen) atoms. The van der Waals surface area contributed by atoms with E-state index in [1.54, 1.807) is 38.8 Å². The van der Waals surface area contributed by atoms with Gasteiger partial charge in [0.15, 0.2) is 21.3 Å². The van der Waals surface area contributed by atoms with Crippen molar-refractivity contribution in [3.05, 3.63) is 42.1 Å². The van der Waals surface area contributed by atoms with Gasteiger partial charge in [0.2, 0.25) is 0 Å². The van der Waals surface area contributed by atoms with Gasteiger partial charge < -0.3 is 14.0 Å². The van der Waals surface area contributed by atoms with Crippen LogP contribution in [0.1, 0.15) is 6.04 Å². The summed E-state index contributed by atoms with van der Waals surface area (Å²) in [5.41, 5.74) is 0.754. The topological polar surface area (TPSA) is 70.4 Å². The molecule has 0 fully saturated rings. The maximum atomic E-state index is 11.6. The van der Waals surface area contributed by atoms with Crippen LogP contribution in [-0.2, 0) is 9.84 Å². The number of hydrogen-bond acceptors (Lipinski definition) is 5. The number of rotatable bonds is 4. The molecule has 0 radical (unpaired) electrons. The number of aromatic nitrogens is 2. The van der Waals surface area contributed by atoms with Crippen molar-refractivity contribution in [1.29, 1.82) is 0 Å². The Kier molecular flexibility index (Phi) is 3.66. The van der Waals surface area contributed by atoms with Gasteiger partial charge >= 0.3 is 0 Å². The predicted octanol–water partition coefficient (Wildman–Crippen LogP) is 2.05. The van der Waals surface area contributed by atoms with Crippen LogP contribution in [-0.4, -0.2) is 37.9 Å². The molecule has 0 N–H and O–H groups in total. The Hall–Kier alpha value is -2.28. The zero-order valence-corrected chi connectivity index (χ0v) is 13.1. The normalized spacial score (nSPS) is 19.3. The van der Waals surface area contributed by atoms with Crippen LogP contribution in [0.5, 0.6) is 11.5 Å². The van der Waals surface area contributed by atoms with Gasteiger partial charge in [-0.2, -0.15) is 0 Å².